The number of nitrogens with one attached hydrogen (secondary N) is 1. The number of likely N-dealkylation sites (tertiary alicyclic amines) is 1. The van der Waals surface area contributed by atoms with Gasteiger partial charge in [-0.25, -0.2) is 4.98 Å². The second kappa shape index (κ2) is 5.60. The maximum Gasteiger partial charge on any atom is 0.264 e. The normalized spacial score (nSPS) is 17.0. The number of aryl methyl sites for hydroxylation is 1. The third-order valence-electron chi connectivity index (χ3n) is 3.85. The lowest BCUT2D eigenvalue weighted by atomic mass is 9.88. The Hall–Kier alpha value is -1.69. The van der Waals surface area contributed by atoms with Crippen LogP contribution in [0, 0.1) is 6.92 Å². The number of hydrogen-bond donors (Lipinski definition) is 2. The van der Waals surface area contributed by atoms with E-state index in [-0.39, 0.29) is 30.5 Å². The van der Waals surface area contributed by atoms with Gasteiger partial charge in [-0.05, 0) is 13.3 Å². The summed E-state index contributed by atoms with van der Waals surface area (Å²) in [6.45, 7) is 8.09. The molecule has 0 aliphatic carbocycles. The lowest BCUT2D eigenvalue weighted by Crippen LogP contribution is -2.63. The van der Waals surface area contributed by atoms with Crippen molar-refractivity contribution >= 4 is 5.91 Å². The largest absolute Gasteiger partial charge is 0.386 e. The quantitative estimate of drug-likeness (QED) is 0.873. The number of aromatic amines is 1. The fraction of sp³-hybridized carbons (Fsp3) is 0.667. The van der Waals surface area contributed by atoms with E-state index in [1.165, 1.54) is 4.90 Å². The van der Waals surface area contributed by atoms with Crippen molar-refractivity contribution in [2.45, 2.75) is 52.1 Å². The van der Waals surface area contributed by atoms with Gasteiger partial charge in [0, 0.05) is 5.92 Å². The average Bonchev–Trinajstić information content (AvgIpc) is 2.34. The predicted octanol–water partition coefficient (Wildman–Crippen LogP) is 1.19. The molecule has 1 amide bonds. The summed E-state index contributed by atoms with van der Waals surface area (Å²) in [7, 11) is 0. The molecule has 0 radical (unpaired) electrons. The van der Waals surface area contributed by atoms with Gasteiger partial charge >= 0.3 is 0 Å². The Labute approximate surface area is 124 Å². The first-order chi connectivity index (χ1) is 9.77. The monoisotopic (exact) mass is 293 g/mol. The van der Waals surface area contributed by atoms with Crippen molar-refractivity contribution in [3.8, 4) is 0 Å². The van der Waals surface area contributed by atoms with Crippen LogP contribution in [-0.4, -0.2) is 44.6 Å². The van der Waals surface area contributed by atoms with Crippen LogP contribution in [0.15, 0.2) is 4.79 Å². The van der Waals surface area contributed by atoms with Gasteiger partial charge in [0.15, 0.2) is 0 Å². The molecular weight excluding hydrogens is 270 g/mol. The van der Waals surface area contributed by atoms with Gasteiger partial charge in [0.2, 0.25) is 0 Å². The van der Waals surface area contributed by atoms with E-state index in [1.807, 2.05) is 20.8 Å². The number of β-amino-alcohol motifs (C(OH)–C–C–N with tert-alkyl or cyclic N) is 1. The van der Waals surface area contributed by atoms with E-state index in [1.54, 1.807) is 6.92 Å². The number of rotatable bonds is 4. The molecule has 1 aromatic heterocycles. The molecule has 1 aliphatic heterocycles. The van der Waals surface area contributed by atoms with Crippen LogP contribution in [0.1, 0.15) is 61.4 Å². The molecule has 2 rings (SSSR count). The maximum atomic E-state index is 12.4. The van der Waals surface area contributed by atoms with Crippen LogP contribution < -0.4 is 5.56 Å². The van der Waals surface area contributed by atoms with E-state index in [0.717, 1.165) is 6.42 Å². The maximum absolute atomic E-state index is 12.4. The molecule has 1 aliphatic rings. The highest BCUT2D eigenvalue weighted by Crippen LogP contribution is 2.27. The Morgan fingerprint density at radius 2 is 2.10 bits per heavy atom. The number of nitrogens with zero attached hydrogens (tertiary/aromatic N) is 2. The highest BCUT2D eigenvalue weighted by molar-refractivity contribution is 5.95. The summed E-state index contributed by atoms with van der Waals surface area (Å²) in [5, 5.41) is 10.1. The van der Waals surface area contributed by atoms with Gasteiger partial charge in [-0.15, -0.1) is 0 Å². The molecule has 0 saturated carbocycles. The van der Waals surface area contributed by atoms with Crippen molar-refractivity contribution in [2.75, 3.05) is 13.1 Å². The first-order valence-corrected chi connectivity index (χ1v) is 7.40. The van der Waals surface area contributed by atoms with Crippen molar-refractivity contribution in [3.05, 3.63) is 27.4 Å². The highest BCUT2D eigenvalue weighted by atomic mass is 16.3. The molecule has 0 atom stereocenters. The zero-order valence-corrected chi connectivity index (χ0v) is 13.1. The van der Waals surface area contributed by atoms with Crippen LogP contribution in [0.5, 0.6) is 0 Å². The van der Waals surface area contributed by atoms with Gasteiger partial charge < -0.3 is 15.0 Å². The van der Waals surface area contributed by atoms with Gasteiger partial charge in [-0.1, -0.05) is 27.2 Å². The van der Waals surface area contributed by atoms with E-state index >= 15 is 0 Å². The van der Waals surface area contributed by atoms with Crippen LogP contribution >= 0.6 is 0 Å². The summed E-state index contributed by atoms with van der Waals surface area (Å²) < 4.78 is 0. The third-order valence-corrected chi connectivity index (χ3v) is 3.85. The van der Waals surface area contributed by atoms with Crippen molar-refractivity contribution in [1.82, 2.24) is 14.9 Å². The number of hydrogen-bond acceptors (Lipinski definition) is 4. The van der Waals surface area contributed by atoms with Gasteiger partial charge in [-0.3, -0.25) is 9.59 Å². The highest BCUT2D eigenvalue weighted by Gasteiger charge is 2.43. The lowest BCUT2D eigenvalue weighted by Gasteiger charge is -2.46. The fourth-order valence-electron chi connectivity index (χ4n) is 2.72. The first-order valence-electron chi connectivity index (χ1n) is 7.40. The number of aliphatic hydroxyl groups is 1. The third kappa shape index (κ3) is 3.00. The summed E-state index contributed by atoms with van der Waals surface area (Å²) >= 11 is 0. The van der Waals surface area contributed by atoms with Crippen LogP contribution in [0.2, 0.25) is 0 Å². The molecule has 0 bridgehead atoms. The zero-order chi connectivity index (χ0) is 15.8. The van der Waals surface area contributed by atoms with Crippen molar-refractivity contribution < 1.29 is 9.90 Å². The van der Waals surface area contributed by atoms with Gasteiger partial charge in [-0.2, -0.15) is 0 Å². The summed E-state index contributed by atoms with van der Waals surface area (Å²) in [5.74, 6) is 0.330. The van der Waals surface area contributed by atoms with Crippen molar-refractivity contribution in [2.24, 2.45) is 0 Å². The molecule has 0 aromatic carbocycles. The molecule has 1 aromatic rings. The number of amides is 1. The molecule has 21 heavy (non-hydrogen) atoms. The van der Waals surface area contributed by atoms with Crippen LogP contribution in [-0.2, 0) is 0 Å². The van der Waals surface area contributed by atoms with E-state index in [9.17, 15) is 14.7 Å². The Bertz CT molecular complexity index is 601. The van der Waals surface area contributed by atoms with Gasteiger partial charge in [0.25, 0.3) is 11.5 Å². The zero-order valence-electron chi connectivity index (χ0n) is 13.1. The Morgan fingerprint density at radius 3 is 2.57 bits per heavy atom. The molecule has 0 unspecified atom stereocenters. The van der Waals surface area contributed by atoms with Crippen LogP contribution in [0.4, 0.5) is 0 Å². The molecule has 6 heteroatoms. The summed E-state index contributed by atoms with van der Waals surface area (Å²) in [6, 6.07) is 0. The summed E-state index contributed by atoms with van der Waals surface area (Å²) in [4.78, 5) is 33.0. The van der Waals surface area contributed by atoms with Crippen LogP contribution in [0.3, 0.4) is 0 Å². The van der Waals surface area contributed by atoms with Crippen molar-refractivity contribution in [3.63, 3.8) is 0 Å². The number of carbonyl (C=O) groups excluding carboxylic acids is 1. The van der Waals surface area contributed by atoms with E-state index in [4.69, 9.17) is 0 Å². The lowest BCUT2D eigenvalue weighted by molar-refractivity contribution is -0.0861. The molecule has 0 spiro atoms. The van der Waals surface area contributed by atoms with E-state index < -0.39 is 11.2 Å². The number of carbonyl (C=O) groups is 1. The fourth-order valence-corrected chi connectivity index (χ4v) is 2.72. The molecule has 2 heterocycles. The summed E-state index contributed by atoms with van der Waals surface area (Å²) in [6.07, 6.45) is 1.53. The number of aromatic nitrogens is 2. The second-order valence-corrected chi connectivity index (χ2v) is 6.20. The molecule has 116 valence electrons. The first kappa shape index (κ1) is 15.7. The SMILES string of the molecule is CCCC1(O)CN(C(=O)c2c(C)nc(C(C)C)[nH]c2=O)C1. The minimum Gasteiger partial charge on any atom is -0.386 e. The van der Waals surface area contributed by atoms with Gasteiger partial charge in [0.1, 0.15) is 11.4 Å². The Morgan fingerprint density at radius 1 is 1.48 bits per heavy atom. The summed E-state index contributed by atoms with van der Waals surface area (Å²) in [5.41, 5.74) is -0.672. The Kier molecular flexibility index (Phi) is 4.18. The van der Waals surface area contributed by atoms with Crippen molar-refractivity contribution in [1.29, 1.82) is 0 Å². The second-order valence-electron chi connectivity index (χ2n) is 6.20. The van der Waals surface area contributed by atoms with E-state index in [2.05, 4.69) is 9.97 Å². The minimum atomic E-state index is -0.795. The average molecular weight is 293 g/mol. The smallest absolute Gasteiger partial charge is 0.264 e. The van der Waals surface area contributed by atoms with E-state index in [0.29, 0.717) is 17.9 Å². The standard InChI is InChI=1S/C15H23N3O3/c1-5-6-15(21)7-18(8-15)14(20)11-10(4)16-12(9(2)3)17-13(11)19/h9,21H,5-8H2,1-4H3,(H,16,17,19). The minimum absolute atomic E-state index is 0.0814. The molecule has 6 nitrogen and oxygen atoms in total. The molecule has 1 saturated heterocycles. The molecular formula is C15H23N3O3. The predicted molar refractivity (Wildman–Crippen MR) is 79.4 cm³/mol. The molecule has 2 N–H and O–H groups in total. The molecule has 1 fully saturated rings. The number of H-pyrrole nitrogens is 1. The Balaban J connectivity index is 2.20. The van der Waals surface area contributed by atoms with Crippen LogP contribution in [0.25, 0.3) is 0 Å². The van der Waals surface area contributed by atoms with Gasteiger partial charge in [0.05, 0.1) is 24.4 Å². The topological polar surface area (TPSA) is 86.3 Å².